The van der Waals surface area contributed by atoms with Crippen LogP contribution in [0.5, 0.6) is 0 Å². The van der Waals surface area contributed by atoms with E-state index in [1.54, 1.807) is 17.8 Å². The highest BCUT2D eigenvalue weighted by molar-refractivity contribution is 8.00. The third kappa shape index (κ3) is 5.43. The predicted octanol–water partition coefficient (Wildman–Crippen LogP) is 1.93. The first-order valence-corrected chi connectivity index (χ1v) is 9.61. The van der Waals surface area contributed by atoms with Crippen molar-refractivity contribution in [3.05, 3.63) is 17.0 Å². The topological polar surface area (TPSA) is 58.2 Å². The Bertz CT molecular complexity index is 495. The Kier molecular flexibility index (Phi) is 6.32. The third-order valence-corrected chi connectivity index (χ3v) is 7.05. The van der Waals surface area contributed by atoms with Gasteiger partial charge >= 0.3 is 0 Å². The fourth-order valence-electron chi connectivity index (χ4n) is 1.30. The highest BCUT2D eigenvalue weighted by Gasteiger charge is 2.22. The Labute approximate surface area is 124 Å². The van der Waals surface area contributed by atoms with Crippen molar-refractivity contribution >= 4 is 33.1 Å². The Hall–Kier alpha value is -0.0800. The molecule has 19 heavy (non-hydrogen) atoms. The van der Waals surface area contributed by atoms with Gasteiger partial charge in [-0.2, -0.15) is 11.8 Å². The van der Waals surface area contributed by atoms with E-state index in [2.05, 4.69) is 10.0 Å². The number of thioether (sulfide) groups is 1. The van der Waals surface area contributed by atoms with Gasteiger partial charge in [0.1, 0.15) is 4.21 Å². The lowest BCUT2D eigenvalue weighted by Gasteiger charge is -2.21. The SMILES string of the molecule is CNCCc1ccc(S(=O)(=O)NCC(C)(C)SC)s1. The maximum absolute atomic E-state index is 12.2. The van der Waals surface area contributed by atoms with Gasteiger partial charge in [0.15, 0.2) is 0 Å². The standard InChI is InChI=1S/C12H22N2O2S3/c1-12(2,17-4)9-14-19(15,16)11-6-5-10(18-11)7-8-13-3/h5-6,13-14H,7-9H2,1-4H3. The van der Waals surface area contributed by atoms with Crippen molar-refractivity contribution in [2.24, 2.45) is 0 Å². The zero-order chi connectivity index (χ0) is 14.5. The van der Waals surface area contributed by atoms with Crippen LogP contribution in [-0.4, -0.2) is 39.6 Å². The van der Waals surface area contributed by atoms with E-state index in [-0.39, 0.29) is 4.75 Å². The van der Waals surface area contributed by atoms with Crippen molar-refractivity contribution in [1.29, 1.82) is 0 Å². The summed E-state index contributed by atoms with van der Waals surface area (Å²) in [5.41, 5.74) is 0. The number of likely N-dealkylation sites (N-methyl/N-ethyl adjacent to an activating group) is 1. The van der Waals surface area contributed by atoms with Crippen LogP contribution in [0.4, 0.5) is 0 Å². The lowest BCUT2D eigenvalue weighted by molar-refractivity contribution is 0.573. The minimum Gasteiger partial charge on any atom is -0.319 e. The van der Waals surface area contributed by atoms with Crippen molar-refractivity contribution in [3.63, 3.8) is 0 Å². The molecule has 0 amide bonds. The molecule has 0 saturated carbocycles. The van der Waals surface area contributed by atoms with E-state index in [1.165, 1.54) is 11.3 Å². The second-order valence-electron chi connectivity index (χ2n) is 4.86. The largest absolute Gasteiger partial charge is 0.319 e. The molecule has 0 aromatic carbocycles. The Morgan fingerprint density at radius 2 is 2.05 bits per heavy atom. The highest BCUT2D eigenvalue weighted by Crippen LogP contribution is 2.24. The summed E-state index contributed by atoms with van der Waals surface area (Å²) in [6, 6.07) is 3.57. The maximum atomic E-state index is 12.2. The van der Waals surface area contributed by atoms with E-state index in [1.807, 2.05) is 33.2 Å². The molecule has 0 spiro atoms. The van der Waals surface area contributed by atoms with Crippen molar-refractivity contribution in [2.75, 3.05) is 26.4 Å². The smallest absolute Gasteiger partial charge is 0.250 e. The van der Waals surface area contributed by atoms with Gasteiger partial charge in [-0.3, -0.25) is 0 Å². The molecule has 0 saturated heterocycles. The molecule has 0 unspecified atom stereocenters. The zero-order valence-electron chi connectivity index (χ0n) is 11.8. The van der Waals surface area contributed by atoms with Crippen molar-refractivity contribution in [1.82, 2.24) is 10.0 Å². The molecule has 0 aliphatic rings. The number of rotatable bonds is 8. The second kappa shape index (κ2) is 7.08. The minimum atomic E-state index is -3.37. The molecule has 1 heterocycles. The summed E-state index contributed by atoms with van der Waals surface area (Å²) in [6.07, 6.45) is 2.84. The molecule has 0 fully saturated rings. The third-order valence-electron chi connectivity index (χ3n) is 2.76. The van der Waals surface area contributed by atoms with E-state index < -0.39 is 10.0 Å². The number of nitrogens with one attached hydrogen (secondary N) is 2. The predicted molar refractivity (Wildman–Crippen MR) is 84.7 cm³/mol. The Morgan fingerprint density at radius 3 is 2.63 bits per heavy atom. The van der Waals surface area contributed by atoms with Gasteiger partial charge < -0.3 is 5.32 Å². The summed E-state index contributed by atoms with van der Waals surface area (Å²) in [7, 11) is -1.49. The lowest BCUT2D eigenvalue weighted by Crippen LogP contribution is -2.35. The molecule has 1 rings (SSSR count). The van der Waals surface area contributed by atoms with Crippen LogP contribution in [-0.2, 0) is 16.4 Å². The van der Waals surface area contributed by atoms with Gasteiger partial charge in [0.05, 0.1) is 0 Å². The first-order chi connectivity index (χ1) is 8.80. The van der Waals surface area contributed by atoms with Gasteiger partial charge in [0, 0.05) is 16.2 Å². The zero-order valence-corrected chi connectivity index (χ0v) is 14.3. The summed E-state index contributed by atoms with van der Waals surface area (Å²) >= 11 is 2.99. The normalized spacial score (nSPS) is 12.8. The Balaban J connectivity index is 2.69. The van der Waals surface area contributed by atoms with E-state index in [0.29, 0.717) is 10.8 Å². The molecule has 0 aliphatic carbocycles. The van der Waals surface area contributed by atoms with Crippen LogP contribution < -0.4 is 10.0 Å². The first kappa shape index (κ1) is 17.0. The van der Waals surface area contributed by atoms with Crippen LogP contribution in [0.25, 0.3) is 0 Å². The monoisotopic (exact) mass is 322 g/mol. The van der Waals surface area contributed by atoms with Gasteiger partial charge in [-0.15, -0.1) is 11.3 Å². The van der Waals surface area contributed by atoms with E-state index >= 15 is 0 Å². The van der Waals surface area contributed by atoms with Crippen LogP contribution in [0.1, 0.15) is 18.7 Å². The van der Waals surface area contributed by atoms with Crippen LogP contribution in [0, 0.1) is 0 Å². The summed E-state index contributed by atoms with van der Waals surface area (Å²) in [6.45, 7) is 5.33. The summed E-state index contributed by atoms with van der Waals surface area (Å²) < 4.78 is 27.3. The van der Waals surface area contributed by atoms with Crippen molar-refractivity contribution in [3.8, 4) is 0 Å². The molecule has 4 nitrogen and oxygen atoms in total. The minimum absolute atomic E-state index is 0.0979. The number of hydrogen-bond donors (Lipinski definition) is 2. The van der Waals surface area contributed by atoms with Gasteiger partial charge in [0.2, 0.25) is 10.0 Å². The molecule has 7 heteroatoms. The van der Waals surface area contributed by atoms with E-state index in [9.17, 15) is 8.42 Å². The van der Waals surface area contributed by atoms with Crippen LogP contribution in [0.15, 0.2) is 16.3 Å². The van der Waals surface area contributed by atoms with Gasteiger partial charge in [-0.05, 0) is 52.2 Å². The molecule has 0 atom stereocenters. The molecular weight excluding hydrogens is 300 g/mol. The molecule has 110 valence electrons. The molecule has 0 radical (unpaired) electrons. The van der Waals surface area contributed by atoms with Crippen molar-refractivity contribution < 1.29 is 8.42 Å². The van der Waals surface area contributed by atoms with Gasteiger partial charge in [-0.25, -0.2) is 13.1 Å². The number of thiophene rings is 1. The average molecular weight is 323 g/mol. The van der Waals surface area contributed by atoms with Crippen molar-refractivity contribution in [2.45, 2.75) is 29.2 Å². The maximum Gasteiger partial charge on any atom is 0.250 e. The Morgan fingerprint density at radius 1 is 1.37 bits per heavy atom. The van der Waals surface area contributed by atoms with Gasteiger partial charge in [-0.1, -0.05) is 0 Å². The lowest BCUT2D eigenvalue weighted by atomic mass is 10.2. The van der Waals surface area contributed by atoms with Crippen LogP contribution in [0.2, 0.25) is 0 Å². The molecule has 1 aromatic heterocycles. The molecule has 0 aliphatic heterocycles. The quantitative estimate of drug-likeness (QED) is 0.768. The second-order valence-corrected chi connectivity index (χ2v) is 9.54. The molecular formula is C12H22N2O2S3. The molecule has 2 N–H and O–H groups in total. The summed E-state index contributed by atoms with van der Waals surface area (Å²) in [5.74, 6) is 0. The highest BCUT2D eigenvalue weighted by atomic mass is 32.2. The number of sulfonamides is 1. The van der Waals surface area contributed by atoms with Crippen LogP contribution in [0.3, 0.4) is 0 Å². The van der Waals surface area contributed by atoms with Crippen LogP contribution >= 0.6 is 23.1 Å². The molecule has 1 aromatic rings. The first-order valence-electron chi connectivity index (χ1n) is 6.09. The average Bonchev–Trinajstić information content (AvgIpc) is 2.84. The number of hydrogen-bond acceptors (Lipinski definition) is 5. The van der Waals surface area contributed by atoms with E-state index in [0.717, 1.165) is 17.8 Å². The fourth-order valence-corrected chi connectivity index (χ4v) is 4.22. The van der Waals surface area contributed by atoms with Gasteiger partial charge in [0.25, 0.3) is 0 Å². The van der Waals surface area contributed by atoms with E-state index in [4.69, 9.17) is 0 Å². The summed E-state index contributed by atoms with van der Waals surface area (Å²) in [5, 5.41) is 3.06. The fraction of sp³-hybridized carbons (Fsp3) is 0.667. The molecule has 0 bridgehead atoms. The summed E-state index contributed by atoms with van der Waals surface area (Å²) in [4.78, 5) is 1.08.